The van der Waals surface area contributed by atoms with Crippen LogP contribution in [0.15, 0.2) is 36.7 Å². The summed E-state index contributed by atoms with van der Waals surface area (Å²) in [6, 6.07) is 6.43. The van der Waals surface area contributed by atoms with Gasteiger partial charge in [0, 0.05) is 12.4 Å². The zero-order valence-corrected chi connectivity index (χ0v) is 13.2. The van der Waals surface area contributed by atoms with E-state index < -0.39 is 6.36 Å². The van der Waals surface area contributed by atoms with Crippen LogP contribution < -0.4 is 9.47 Å². The standard InChI is InChI=1S/C9H13NO.C7H6F3NO/c1-3-7-11-9-5-4-6-10-8(9)2;1-5-6(3-2-4-11-5)12-7(8,9)10/h4-6H,3,7H2,1-2H3;2-4H,1H3. The summed E-state index contributed by atoms with van der Waals surface area (Å²) < 4.78 is 44.1. The largest absolute Gasteiger partial charge is 0.573 e. The molecule has 4 nitrogen and oxygen atoms in total. The molecule has 0 amide bonds. The van der Waals surface area contributed by atoms with Crippen LogP contribution >= 0.6 is 0 Å². The van der Waals surface area contributed by atoms with Crippen LogP contribution in [0.1, 0.15) is 24.7 Å². The SMILES string of the molecule is CCCOc1cccnc1C.Cc1ncccc1OC(F)(F)F. The van der Waals surface area contributed by atoms with Crippen LogP contribution in [0.5, 0.6) is 11.5 Å². The van der Waals surface area contributed by atoms with Gasteiger partial charge in [-0.25, -0.2) is 0 Å². The van der Waals surface area contributed by atoms with Gasteiger partial charge in [0.05, 0.1) is 18.0 Å². The van der Waals surface area contributed by atoms with Gasteiger partial charge < -0.3 is 9.47 Å². The minimum absolute atomic E-state index is 0.217. The number of halogens is 3. The second kappa shape index (κ2) is 8.97. The van der Waals surface area contributed by atoms with Crippen molar-refractivity contribution < 1.29 is 22.6 Å². The van der Waals surface area contributed by atoms with Gasteiger partial charge in [-0.05, 0) is 44.5 Å². The van der Waals surface area contributed by atoms with Crippen LogP contribution in [0.25, 0.3) is 0 Å². The van der Waals surface area contributed by atoms with E-state index in [2.05, 4.69) is 21.6 Å². The molecular formula is C16H19F3N2O2. The number of hydrogen-bond acceptors (Lipinski definition) is 4. The number of pyridine rings is 2. The van der Waals surface area contributed by atoms with E-state index in [1.807, 2.05) is 19.1 Å². The number of rotatable bonds is 4. The normalized spacial score (nSPS) is 10.5. The zero-order chi connectivity index (χ0) is 17.3. The molecule has 0 aromatic carbocycles. The highest BCUT2D eigenvalue weighted by atomic mass is 19.4. The molecule has 0 aliphatic carbocycles. The summed E-state index contributed by atoms with van der Waals surface area (Å²) in [5, 5.41) is 0. The first-order valence-corrected chi connectivity index (χ1v) is 7.05. The highest BCUT2D eigenvalue weighted by Crippen LogP contribution is 2.23. The van der Waals surface area contributed by atoms with Gasteiger partial charge in [-0.1, -0.05) is 6.92 Å². The predicted molar refractivity (Wildman–Crippen MR) is 80.4 cm³/mol. The smallest absolute Gasteiger partial charge is 0.492 e. The molecule has 2 aromatic rings. The molecule has 0 aliphatic heterocycles. The first kappa shape index (κ1) is 18.7. The topological polar surface area (TPSA) is 44.2 Å². The van der Waals surface area contributed by atoms with Crippen molar-refractivity contribution in [1.82, 2.24) is 9.97 Å². The summed E-state index contributed by atoms with van der Waals surface area (Å²) in [7, 11) is 0. The van der Waals surface area contributed by atoms with Gasteiger partial charge in [-0.3, -0.25) is 9.97 Å². The monoisotopic (exact) mass is 328 g/mol. The lowest BCUT2D eigenvalue weighted by Gasteiger charge is -2.09. The Morgan fingerprint density at radius 1 is 0.957 bits per heavy atom. The molecule has 0 aliphatic rings. The Hall–Kier alpha value is -2.31. The number of nitrogens with zero attached hydrogens (tertiary/aromatic N) is 2. The third-order valence-corrected chi connectivity index (χ3v) is 2.60. The molecule has 0 bridgehead atoms. The fraction of sp³-hybridized carbons (Fsp3) is 0.375. The average molecular weight is 328 g/mol. The van der Waals surface area contributed by atoms with Crippen molar-refractivity contribution in [3.8, 4) is 11.5 Å². The second-order valence-corrected chi connectivity index (χ2v) is 4.57. The lowest BCUT2D eigenvalue weighted by atomic mass is 10.3. The molecule has 126 valence electrons. The molecule has 0 saturated carbocycles. The summed E-state index contributed by atoms with van der Waals surface area (Å²) in [5.74, 6) is 0.638. The van der Waals surface area contributed by atoms with E-state index in [0.29, 0.717) is 0 Å². The minimum Gasteiger partial charge on any atom is -0.492 e. The van der Waals surface area contributed by atoms with Crippen molar-refractivity contribution in [2.24, 2.45) is 0 Å². The van der Waals surface area contributed by atoms with E-state index in [4.69, 9.17) is 4.74 Å². The fourth-order valence-electron chi connectivity index (χ4n) is 1.54. The van der Waals surface area contributed by atoms with Gasteiger partial charge in [-0.15, -0.1) is 13.2 Å². The Morgan fingerprint density at radius 3 is 1.91 bits per heavy atom. The maximum absolute atomic E-state index is 11.7. The van der Waals surface area contributed by atoms with Crippen LogP contribution in [0.3, 0.4) is 0 Å². The van der Waals surface area contributed by atoms with Crippen LogP contribution in [-0.2, 0) is 0 Å². The first-order chi connectivity index (χ1) is 10.8. The molecular weight excluding hydrogens is 309 g/mol. The highest BCUT2D eigenvalue weighted by Gasteiger charge is 2.31. The molecule has 0 spiro atoms. The Balaban J connectivity index is 0.000000231. The number of ether oxygens (including phenoxy) is 2. The van der Waals surface area contributed by atoms with Gasteiger partial charge in [0.2, 0.25) is 0 Å². The molecule has 2 rings (SSSR count). The van der Waals surface area contributed by atoms with E-state index in [1.165, 1.54) is 25.3 Å². The van der Waals surface area contributed by atoms with Gasteiger partial charge in [-0.2, -0.15) is 0 Å². The Morgan fingerprint density at radius 2 is 1.48 bits per heavy atom. The Bertz CT molecular complexity index is 604. The summed E-state index contributed by atoms with van der Waals surface area (Å²) >= 11 is 0. The minimum atomic E-state index is -4.65. The van der Waals surface area contributed by atoms with E-state index in [-0.39, 0.29) is 11.4 Å². The van der Waals surface area contributed by atoms with Crippen LogP contribution in [0, 0.1) is 13.8 Å². The molecule has 0 atom stereocenters. The lowest BCUT2D eigenvalue weighted by Crippen LogP contribution is -2.17. The molecule has 2 aromatic heterocycles. The molecule has 0 saturated heterocycles. The van der Waals surface area contributed by atoms with Crippen LogP contribution in [0.2, 0.25) is 0 Å². The van der Waals surface area contributed by atoms with E-state index in [9.17, 15) is 13.2 Å². The molecule has 7 heteroatoms. The van der Waals surface area contributed by atoms with E-state index in [1.54, 1.807) is 6.20 Å². The third-order valence-electron chi connectivity index (χ3n) is 2.60. The van der Waals surface area contributed by atoms with Crippen molar-refractivity contribution in [1.29, 1.82) is 0 Å². The average Bonchev–Trinajstić information content (AvgIpc) is 2.48. The Kier molecular flexibility index (Phi) is 7.31. The second-order valence-electron chi connectivity index (χ2n) is 4.57. The van der Waals surface area contributed by atoms with Crippen molar-refractivity contribution in [2.45, 2.75) is 33.6 Å². The van der Waals surface area contributed by atoms with Crippen LogP contribution in [0.4, 0.5) is 13.2 Å². The third kappa shape index (κ3) is 7.49. The van der Waals surface area contributed by atoms with Crippen molar-refractivity contribution >= 4 is 0 Å². The number of hydrogen-bond donors (Lipinski definition) is 0. The van der Waals surface area contributed by atoms with E-state index in [0.717, 1.165) is 24.5 Å². The zero-order valence-electron chi connectivity index (χ0n) is 13.2. The molecule has 2 heterocycles. The quantitative estimate of drug-likeness (QED) is 0.831. The summed E-state index contributed by atoms with van der Waals surface area (Å²) in [6.07, 6.45) is -0.436. The van der Waals surface area contributed by atoms with Gasteiger partial charge >= 0.3 is 6.36 Å². The van der Waals surface area contributed by atoms with Crippen molar-refractivity contribution in [2.75, 3.05) is 6.61 Å². The lowest BCUT2D eigenvalue weighted by molar-refractivity contribution is -0.275. The molecule has 0 radical (unpaired) electrons. The predicted octanol–water partition coefficient (Wildman–Crippen LogP) is 4.47. The van der Waals surface area contributed by atoms with Gasteiger partial charge in [0.25, 0.3) is 0 Å². The van der Waals surface area contributed by atoms with Crippen molar-refractivity contribution in [3.63, 3.8) is 0 Å². The number of aryl methyl sites for hydroxylation is 2. The van der Waals surface area contributed by atoms with Crippen molar-refractivity contribution in [3.05, 3.63) is 48.0 Å². The summed E-state index contributed by atoms with van der Waals surface area (Å²) in [5.41, 5.74) is 1.18. The molecule has 0 fully saturated rings. The van der Waals surface area contributed by atoms with E-state index >= 15 is 0 Å². The first-order valence-electron chi connectivity index (χ1n) is 7.05. The van der Waals surface area contributed by atoms with Gasteiger partial charge in [0.1, 0.15) is 5.75 Å². The van der Waals surface area contributed by atoms with Gasteiger partial charge in [0.15, 0.2) is 5.75 Å². The molecule has 0 unspecified atom stereocenters. The molecule has 23 heavy (non-hydrogen) atoms. The molecule has 0 N–H and O–H groups in total. The summed E-state index contributed by atoms with van der Waals surface area (Å²) in [6.45, 7) is 6.25. The maximum atomic E-state index is 11.7. The van der Waals surface area contributed by atoms with Crippen LogP contribution in [-0.4, -0.2) is 22.9 Å². The highest BCUT2D eigenvalue weighted by molar-refractivity contribution is 5.25. The Labute approximate surface area is 133 Å². The number of alkyl halides is 3. The fourth-order valence-corrected chi connectivity index (χ4v) is 1.54. The number of aromatic nitrogens is 2. The maximum Gasteiger partial charge on any atom is 0.573 e. The summed E-state index contributed by atoms with van der Waals surface area (Å²) in [4.78, 5) is 7.75.